The minimum Gasteiger partial charge on any atom is -0.481 e. The van der Waals surface area contributed by atoms with Crippen molar-refractivity contribution in [1.29, 1.82) is 0 Å². The van der Waals surface area contributed by atoms with Crippen molar-refractivity contribution in [3.05, 3.63) is 21.9 Å². The van der Waals surface area contributed by atoms with Crippen LogP contribution in [0.1, 0.15) is 11.1 Å². The molecule has 4 nitrogen and oxygen atoms in total. The lowest BCUT2D eigenvalue weighted by atomic mass is 10.2. The highest BCUT2D eigenvalue weighted by atomic mass is 32.1. The molecule has 0 saturated heterocycles. The highest BCUT2D eigenvalue weighted by molar-refractivity contribution is 7.26. The van der Waals surface area contributed by atoms with E-state index in [1.807, 2.05) is 0 Å². The lowest BCUT2D eigenvalue weighted by Crippen LogP contribution is -1.98. The van der Waals surface area contributed by atoms with Gasteiger partial charge in [0.15, 0.2) is 0 Å². The maximum Gasteiger partial charge on any atom is 0.307 e. The minimum absolute atomic E-state index is 0.00692. The van der Waals surface area contributed by atoms with Gasteiger partial charge in [0, 0.05) is 9.40 Å². The first-order chi connectivity index (χ1) is 7.58. The summed E-state index contributed by atoms with van der Waals surface area (Å²) in [5, 5.41) is 21.0. The van der Waals surface area contributed by atoms with Gasteiger partial charge in [-0.25, -0.2) is 0 Å². The molecule has 0 aromatic carbocycles. The Kier molecular flexibility index (Phi) is 2.93. The Morgan fingerprint density at radius 3 is 1.62 bits per heavy atom. The molecule has 16 heavy (non-hydrogen) atoms. The molecule has 0 spiro atoms. The maximum atomic E-state index is 10.6. The largest absolute Gasteiger partial charge is 0.481 e. The third kappa shape index (κ3) is 2.07. The van der Waals surface area contributed by atoms with Gasteiger partial charge in [0.2, 0.25) is 0 Å². The average Bonchev–Trinajstić information content (AvgIpc) is 2.70. The number of rotatable bonds is 4. The molecule has 0 aliphatic heterocycles. The van der Waals surface area contributed by atoms with E-state index in [0.29, 0.717) is 0 Å². The van der Waals surface area contributed by atoms with Gasteiger partial charge in [0.1, 0.15) is 0 Å². The van der Waals surface area contributed by atoms with Crippen LogP contribution in [0.25, 0.3) is 9.40 Å². The van der Waals surface area contributed by atoms with Crippen molar-refractivity contribution in [1.82, 2.24) is 0 Å². The van der Waals surface area contributed by atoms with Crippen LogP contribution in [0, 0.1) is 0 Å². The van der Waals surface area contributed by atoms with E-state index in [1.54, 1.807) is 10.8 Å². The Morgan fingerprint density at radius 1 is 0.938 bits per heavy atom. The number of carbonyl (C=O) groups is 2. The molecule has 0 radical (unpaired) electrons. The second-order valence-electron chi connectivity index (χ2n) is 3.32. The normalized spacial score (nSPS) is 10.8. The van der Waals surface area contributed by atoms with E-state index in [1.165, 1.54) is 22.7 Å². The quantitative estimate of drug-likeness (QED) is 0.879. The number of thiophene rings is 2. The summed E-state index contributed by atoms with van der Waals surface area (Å²) in [6.45, 7) is 0. The van der Waals surface area contributed by atoms with E-state index < -0.39 is 11.9 Å². The summed E-state index contributed by atoms with van der Waals surface area (Å²) in [6, 6.07) is 0. The molecule has 0 saturated carbocycles. The molecule has 2 heterocycles. The standard InChI is InChI=1S/C10H8O4S2/c11-7(12)1-5-3-15-10-6(2-8(13)14)4-16-9(5)10/h3-4H,1-2H2,(H,11,12)(H,13,14). The molecule has 0 unspecified atom stereocenters. The van der Waals surface area contributed by atoms with Crippen LogP contribution in [0.4, 0.5) is 0 Å². The fraction of sp³-hybridized carbons (Fsp3) is 0.200. The van der Waals surface area contributed by atoms with Gasteiger partial charge >= 0.3 is 11.9 Å². The molecule has 0 aliphatic carbocycles. The van der Waals surface area contributed by atoms with E-state index in [-0.39, 0.29) is 12.8 Å². The lowest BCUT2D eigenvalue weighted by Gasteiger charge is -1.90. The molecular weight excluding hydrogens is 248 g/mol. The van der Waals surface area contributed by atoms with Crippen molar-refractivity contribution < 1.29 is 19.8 Å². The summed E-state index contributed by atoms with van der Waals surface area (Å²) in [6.07, 6.45) is -0.0138. The lowest BCUT2D eigenvalue weighted by molar-refractivity contribution is -0.137. The summed E-state index contributed by atoms with van der Waals surface area (Å²) in [5.74, 6) is -1.74. The second-order valence-corrected chi connectivity index (χ2v) is 5.08. The topological polar surface area (TPSA) is 74.6 Å². The maximum absolute atomic E-state index is 10.6. The molecule has 0 aliphatic rings. The molecule has 0 atom stereocenters. The van der Waals surface area contributed by atoms with Crippen LogP contribution in [0.3, 0.4) is 0 Å². The number of fused-ring (bicyclic) bond motifs is 1. The summed E-state index contributed by atoms with van der Waals surface area (Å²) in [5.41, 5.74) is 1.54. The SMILES string of the molecule is O=C(O)Cc1csc2c(CC(=O)O)csc12. The van der Waals surface area contributed by atoms with Gasteiger partial charge in [-0.2, -0.15) is 0 Å². The third-order valence-electron chi connectivity index (χ3n) is 2.11. The van der Waals surface area contributed by atoms with Gasteiger partial charge in [0.05, 0.1) is 12.8 Å². The van der Waals surface area contributed by atoms with Gasteiger partial charge in [-0.1, -0.05) is 0 Å². The summed E-state index contributed by atoms with van der Waals surface area (Å²) >= 11 is 2.83. The van der Waals surface area contributed by atoms with Crippen molar-refractivity contribution in [3.63, 3.8) is 0 Å². The zero-order chi connectivity index (χ0) is 11.7. The van der Waals surface area contributed by atoms with Crippen LogP contribution in [0.2, 0.25) is 0 Å². The molecule has 0 bridgehead atoms. The molecule has 2 aromatic rings. The molecule has 0 amide bonds. The monoisotopic (exact) mass is 256 g/mol. The van der Waals surface area contributed by atoms with E-state index in [4.69, 9.17) is 10.2 Å². The van der Waals surface area contributed by atoms with Gasteiger partial charge in [-0.3, -0.25) is 9.59 Å². The van der Waals surface area contributed by atoms with E-state index >= 15 is 0 Å². The predicted molar refractivity (Wildman–Crippen MR) is 62.4 cm³/mol. The number of carboxylic acids is 2. The third-order valence-corrected chi connectivity index (χ3v) is 4.45. The van der Waals surface area contributed by atoms with Crippen molar-refractivity contribution in [2.45, 2.75) is 12.8 Å². The van der Waals surface area contributed by atoms with Gasteiger partial charge in [-0.15, -0.1) is 22.7 Å². The van der Waals surface area contributed by atoms with Crippen LogP contribution in [-0.2, 0) is 22.4 Å². The van der Waals surface area contributed by atoms with Crippen LogP contribution < -0.4 is 0 Å². The fourth-order valence-electron chi connectivity index (χ4n) is 1.49. The summed E-state index contributed by atoms with van der Waals surface area (Å²) in [4.78, 5) is 21.2. The predicted octanol–water partition coefficient (Wildman–Crippen LogP) is 2.22. The highest BCUT2D eigenvalue weighted by Gasteiger charge is 2.14. The van der Waals surface area contributed by atoms with Crippen molar-refractivity contribution in [2.24, 2.45) is 0 Å². The molecule has 2 N–H and O–H groups in total. The highest BCUT2D eigenvalue weighted by Crippen LogP contribution is 2.35. The summed E-state index contributed by atoms with van der Waals surface area (Å²) < 4.78 is 1.81. The summed E-state index contributed by atoms with van der Waals surface area (Å²) in [7, 11) is 0. The number of hydrogen-bond donors (Lipinski definition) is 2. The van der Waals surface area contributed by atoms with Crippen LogP contribution in [-0.4, -0.2) is 22.2 Å². The second kappa shape index (κ2) is 4.23. The Hall–Kier alpha value is -1.40. The van der Waals surface area contributed by atoms with Crippen LogP contribution >= 0.6 is 22.7 Å². The molecule has 2 aromatic heterocycles. The number of aliphatic carboxylic acids is 2. The first-order valence-corrected chi connectivity index (χ1v) is 6.24. The fourth-order valence-corrected chi connectivity index (χ4v) is 3.89. The number of carboxylic acid groups (broad SMARTS) is 2. The Balaban J connectivity index is 2.39. The van der Waals surface area contributed by atoms with Gasteiger partial charge in [0.25, 0.3) is 0 Å². The first-order valence-electron chi connectivity index (χ1n) is 4.48. The smallest absolute Gasteiger partial charge is 0.307 e. The van der Waals surface area contributed by atoms with E-state index in [2.05, 4.69) is 0 Å². The van der Waals surface area contributed by atoms with Crippen molar-refractivity contribution >= 4 is 44.0 Å². The minimum atomic E-state index is -0.868. The van der Waals surface area contributed by atoms with E-state index in [9.17, 15) is 9.59 Å². The Bertz CT molecular complexity index is 502. The van der Waals surface area contributed by atoms with Crippen molar-refractivity contribution in [2.75, 3.05) is 0 Å². The zero-order valence-electron chi connectivity index (χ0n) is 8.10. The first kappa shape index (κ1) is 11.1. The molecular formula is C10H8O4S2. The van der Waals surface area contributed by atoms with Gasteiger partial charge in [-0.05, 0) is 21.9 Å². The van der Waals surface area contributed by atoms with Crippen molar-refractivity contribution in [3.8, 4) is 0 Å². The Labute approximate surface area is 98.8 Å². The van der Waals surface area contributed by atoms with E-state index in [0.717, 1.165) is 20.5 Å². The molecule has 2 rings (SSSR count). The van der Waals surface area contributed by atoms with Crippen LogP contribution in [0.15, 0.2) is 10.8 Å². The average molecular weight is 256 g/mol. The van der Waals surface area contributed by atoms with Gasteiger partial charge < -0.3 is 10.2 Å². The number of hydrogen-bond acceptors (Lipinski definition) is 4. The Morgan fingerprint density at radius 2 is 1.31 bits per heavy atom. The molecule has 0 fully saturated rings. The zero-order valence-corrected chi connectivity index (χ0v) is 9.73. The molecule has 84 valence electrons. The van der Waals surface area contributed by atoms with Crippen LogP contribution in [0.5, 0.6) is 0 Å². The molecule has 6 heteroatoms.